The molecule has 76 valence electrons. The zero-order valence-electron chi connectivity index (χ0n) is 7.51. The molecule has 5 heteroatoms. The fourth-order valence-electron chi connectivity index (χ4n) is 2.26. The van der Waals surface area contributed by atoms with E-state index in [9.17, 15) is 9.59 Å². The monoisotopic (exact) mass is 198 g/mol. The zero-order chi connectivity index (χ0) is 10.5. The Kier molecular flexibility index (Phi) is 1.69. The first-order valence-electron chi connectivity index (χ1n) is 4.28. The summed E-state index contributed by atoms with van der Waals surface area (Å²) in [6.07, 6.45) is 2.66. The fourth-order valence-corrected chi connectivity index (χ4v) is 2.26. The summed E-state index contributed by atoms with van der Waals surface area (Å²) in [6.45, 7) is 1.60. The summed E-state index contributed by atoms with van der Waals surface area (Å²) in [5.41, 5.74) is -0.959. The van der Waals surface area contributed by atoms with Gasteiger partial charge in [0.1, 0.15) is 11.8 Å². The highest BCUT2D eigenvalue weighted by Gasteiger charge is 2.60. The molecule has 1 saturated heterocycles. The molecule has 2 aliphatic rings. The lowest BCUT2D eigenvalue weighted by Crippen LogP contribution is -2.41. The summed E-state index contributed by atoms with van der Waals surface area (Å²) in [5.74, 6) is -4.19. The molecule has 2 heterocycles. The van der Waals surface area contributed by atoms with E-state index in [4.69, 9.17) is 14.9 Å². The maximum absolute atomic E-state index is 10.9. The Bertz CT molecular complexity index is 334. The van der Waals surface area contributed by atoms with E-state index in [0.29, 0.717) is 0 Å². The summed E-state index contributed by atoms with van der Waals surface area (Å²) >= 11 is 0. The van der Waals surface area contributed by atoms with Crippen molar-refractivity contribution in [3.05, 3.63) is 12.2 Å². The third-order valence-corrected chi connectivity index (χ3v) is 2.89. The average molecular weight is 198 g/mol. The van der Waals surface area contributed by atoms with Gasteiger partial charge in [0.2, 0.25) is 0 Å². The summed E-state index contributed by atoms with van der Waals surface area (Å²) in [6, 6.07) is 0. The molecule has 0 aromatic heterocycles. The zero-order valence-corrected chi connectivity index (χ0v) is 7.51. The highest BCUT2D eigenvalue weighted by Crippen LogP contribution is 2.46. The number of carbonyl (C=O) groups is 2. The number of ether oxygens (including phenoxy) is 1. The number of aliphatic carboxylic acids is 2. The molecule has 0 unspecified atom stereocenters. The maximum atomic E-state index is 10.9. The molecule has 0 aromatic carbocycles. The molecular weight excluding hydrogens is 188 g/mol. The Morgan fingerprint density at radius 1 is 1.36 bits per heavy atom. The molecule has 0 radical (unpaired) electrons. The molecule has 4 atom stereocenters. The van der Waals surface area contributed by atoms with Crippen LogP contribution in [0.3, 0.4) is 0 Å². The molecule has 1 fully saturated rings. The second-order valence-corrected chi connectivity index (χ2v) is 3.81. The van der Waals surface area contributed by atoms with Gasteiger partial charge < -0.3 is 14.9 Å². The van der Waals surface area contributed by atoms with E-state index in [1.54, 1.807) is 19.1 Å². The summed E-state index contributed by atoms with van der Waals surface area (Å²) in [4.78, 5) is 21.8. The Balaban J connectivity index is 2.41. The van der Waals surface area contributed by atoms with Crippen LogP contribution in [0.15, 0.2) is 12.2 Å². The van der Waals surface area contributed by atoms with Crippen LogP contribution in [0.2, 0.25) is 0 Å². The van der Waals surface area contributed by atoms with Gasteiger partial charge in [0.15, 0.2) is 0 Å². The molecule has 2 rings (SSSR count). The minimum Gasteiger partial charge on any atom is -0.481 e. The van der Waals surface area contributed by atoms with Gasteiger partial charge in [-0.05, 0) is 6.92 Å². The molecule has 0 aromatic rings. The van der Waals surface area contributed by atoms with Crippen LogP contribution in [0.5, 0.6) is 0 Å². The molecule has 14 heavy (non-hydrogen) atoms. The van der Waals surface area contributed by atoms with Crippen LogP contribution >= 0.6 is 0 Å². The van der Waals surface area contributed by atoms with E-state index in [0.717, 1.165) is 0 Å². The number of hydrogen-bond acceptors (Lipinski definition) is 3. The molecule has 0 aliphatic carbocycles. The lowest BCUT2D eigenvalue weighted by molar-refractivity contribution is -0.154. The summed E-state index contributed by atoms with van der Waals surface area (Å²) in [7, 11) is 0. The van der Waals surface area contributed by atoms with Gasteiger partial charge in [0.25, 0.3) is 0 Å². The number of hydrogen-bond donors (Lipinski definition) is 2. The van der Waals surface area contributed by atoms with Gasteiger partial charge in [-0.3, -0.25) is 9.59 Å². The van der Waals surface area contributed by atoms with Crippen molar-refractivity contribution in [3.63, 3.8) is 0 Å². The Morgan fingerprint density at radius 3 is 2.43 bits per heavy atom. The summed E-state index contributed by atoms with van der Waals surface area (Å²) in [5, 5.41) is 17.8. The van der Waals surface area contributed by atoms with Crippen molar-refractivity contribution in [2.45, 2.75) is 18.6 Å². The van der Waals surface area contributed by atoms with Crippen molar-refractivity contribution in [1.82, 2.24) is 0 Å². The van der Waals surface area contributed by atoms with Crippen LogP contribution in [0.1, 0.15) is 6.92 Å². The predicted molar refractivity (Wildman–Crippen MR) is 44.7 cm³/mol. The van der Waals surface area contributed by atoms with Gasteiger partial charge in [-0.25, -0.2) is 0 Å². The highest BCUT2D eigenvalue weighted by atomic mass is 16.5. The second kappa shape index (κ2) is 2.57. The highest BCUT2D eigenvalue weighted by molar-refractivity contribution is 5.83. The van der Waals surface area contributed by atoms with E-state index >= 15 is 0 Å². The topological polar surface area (TPSA) is 83.8 Å². The molecule has 5 nitrogen and oxygen atoms in total. The van der Waals surface area contributed by atoms with Crippen LogP contribution in [0.25, 0.3) is 0 Å². The standard InChI is InChI=1S/C9H10O5/c1-9-3-2-4(14-9)5(7(10)11)6(9)8(12)13/h2-6H,1H3,(H,10,11)(H,12,13)/t4-,5-,6+,9-/m0/s1. The number of rotatable bonds is 2. The fraction of sp³-hybridized carbons (Fsp3) is 0.556. The van der Waals surface area contributed by atoms with Gasteiger partial charge in [0, 0.05) is 0 Å². The van der Waals surface area contributed by atoms with Crippen LogP contribution in [0.4, 0.5) is 0 Å². The smallest absolute Gasteiger partial charge is 0.310 e. The van der Waals surface area contributed by atoms with Crippen molar-refractivity contribution in [2.75, 3.05) is 0 Å². The number of carboxylic acid groups (broad SMARTS) is 2. The first-order chi connectivity index (χ1) is 6.46. The first-order valence-corrected chi connectivity index (χ1v) is 4.28. The maximum Gasteiger partial charge on any atom is 0.310 e. The van der Waals surface area contributed by atoms with Crippen LogP contribution < -0.4 is 0 Å². The van der Waals surface area contributed by atoms with E-state index < -0.39 is 35.5 Å². The normalized spacial score (nSPS) is 44.2. The Labute approximate surface area is 80.0 Å². The molecule has 2 N–H and O–H groups in total. The second-order valence-electron chi connectivity index (χ2n) is 3.81. The lowest BCUT2D eigenvalue weighted by atomic mass is 9.76. The van der Waals surface area contributed by atoms with Crippen molar-refractivity contribution in [2.24, 2.45) is 11.8 Å². The average Bonchev–Trinajstić information content (AvgIpc) is 2.55. The van der Waals surface area contributed by atoms with Gasteiger partial charge in [0.05, 0.1) is 11.7 Å². The molecule has 2 aliphatic heterocycles. The molecule has 2 bridgehead atoms. The van der Waals surface area contributed by atoms with Crippen LogP contribution in [-0.4, -0.2) is 33.9 Å². The van der Waals surface area contributed by atoms with E-state index in [2.05, 4.69) is 0 Å². The van der Waals surface area contributed by atoms with Crippen LogP contribution in [-0.2, 0) is 14.3 Å². The van der Waals surface area contributed by atoms with E-state index in [1.165, 1.54) is 0 Å². The van der Waals surface area contributed by atoms with E-state index in [-0.39, 0.29) is 0 Å². The van der Waals surface area contributed by atoms with Crippen molar-refractivity contribution in [1.29, 1.82) is 0 Å². The molecular formula is C9H10O5. The SMILES string of the molecule is C[C@@]12C=C[C@H](O1)[C@H](C(=O)O)[C@@H]2C(=O)O. The van der Waals surface area contributed by atoms with Gasteiger partial charge in [-0.1, -0.05) is 12.2 Å². The predicted octanol–water partition coefficient (Wildman–Crippen LogP) is 0.115. The lowest BCUT2D eigenvalue weighted by Gasteiger charge is -2.24. The minimum atomic E-state index is -1.12. The van der Waals surface area contributed by atoms with Crippen molar-refractivity contribution in [3.8, 4) is 0 Å². The Hall–Kier alpha value is -1.36. The molecule has 0 spiro atoms. The van der Waals surface area contributed by atoms with Gasteiger partial charge in [-0.2, -0.15) is 0 Å². The van der Waals surface area contributed by atoms with Crippen LogP contribution in [0, 0.1) is 11.8 Å². The molecule has 0 saturated carbocycles. The van der Waals surface area contributed by atoms with E-state index in [1.807, 2.05) is 0 Å². The molecule has 0 amide bonds. The third kappa shape index (κ3) is 0.988. The van der Waals surface area contributed by atoms with Crippen molar-refractivity contribution < 1.29 is 24.5 Å². The van der Waals surface area contributed by atoms with Gasteiger partial charge in [-0.15, -0.1) is 0 Å². The largest absolute Gasteiger partial charge is 0.481 e. The summed E-state index contributed by atoms with van der Waals surface area (Å²) < 4.78 is 5.33. The number of fused-ring (bicyclic) bond motifs is 2. The number of carboxylic acids is 2. The third-order valence-electron chi connectivity index (χ3n) is 2.89. The quantitative estimate of drug-likeness (QED) is 0.615. The van der Waals surface area contributed by atoms with Crippen molar-refractivity contribution >= 4 is 11.9 Å². The first kappa shape index (κ1) is 9.21. The van der Waals surface area contributed by atoms with Gasteiger partial charge >= 0.3 is 11.9 Å². The Morgan fingerprint density at radius 2 is 2.00 bits per heavy atom. The minimum absolute atomic E-state index is 0.599.